The highest BCUT2D eigenvalue weighted by Gasteiger charge is 2.33. The fraction of sp³-hybridized carbons (Fsp3) is 0.833. The van der Waals surface area contributed by atoms with Crippen molar-refractivity contribution in [3.63, 3.8) is 0 Å². The Bertz CT molecular complexity index is 175. The first-order valence-electron chi connectivity index (χ1n) is 3.68. The normalized spacial score (nSPS) is 35.0. The maximum Gasteiger partial charge on any atom is 0.187 e. The molecule has 1 saturated heterocycles. The third kappa shape index (κ3) is 2.07. The molecule has 0 radical (unpaired) electrons. The van der Waals surface area contributed by atoms with Crippen LogP contribution in [0.15, 0.2) is 0 Å². The molecule has 3 atom stereocenters. The summed E-state index contributed by atoms with van der Waals surface area (Å²) in [5.74, 6) is -0.203. The Morgan fingerprint density at radius 2 is 2.42 bits per heavy atom. The largest absolute Gasteiger partial charge is 0.394 e. The molecule has 1 unspecified atom stereocenters. The van der Waals surface area contributed by atoms with Crippen LogP contribution in [0.1, 0.15) is 6.42 Å². The van der Waals surface area contributed by atoms with E-state index in [4.69, 9.17) is 21.0 Å². The lowest BCUT2D eigenvalue weighted by molar-refractivity contribution is -0.0256. The van der Waals surface area contributed by atoms with E-state index in [9.17, 15) is 5.11 Å². The van der Waals surface area contributed by atoms with Crippen LogP contribution >= 0.6 is 0 Å². The molecular weight excluding hydrogens is 162 g/mol. The van der Waals surface area contributed by atoms with Crippen molar-refractivity contribution < 1.29 is 14.9 Å². The second-order valence-corrected chi connectivity index (χ2v) is 2.71. The molecule has 0 aromatic carbocycles. The summed E-state index contributed by atoms with van der Waals surface area (Å²) in [6.07, 6.45) is -1.38. The average molecular weight is 175 g/mol. The van der Waals surface area contributed by atoms with E-state index in [2.05, 4.69) is 5.32 Å². The minimum Gasteiger partial charge on any atom is -0.394 e. The van der Waals surface area contributed by atoms with E-state index >= 15 is 0 Å². The summed E-state index contributed by atoms with van der Waals surface area (Å²) in [5.41, 5.74) is 5.05. The number of aliphatic hydroxyl groups is 2. The number of aliphatic hydroxyl groups excluding tert-OH is 2. The first-order chi connectivity index (χ1) is 5.63. The molecule has 0 aromatic rings. The Labute approximate surface area is 69.8 Å². The van der Waals surface area contributed by atoms with Gasteiger partial charge in [0.25, 0.3) is 0 Å². The SMILES string of the molecule is N=C(N)NC1C[C@H](O)[C@@H](CO)O1. The van der Waals surface area contributed by atoms with Crippen LogP contribution in [-0.4, -0.2) is 41.2 Å². The molecule has 1 aliphatic heterocycles. The quantitative estimate of drug-likeness (QED) is 0.245. The summed E-state index contributed by atoms with van der Waals surface area (Å²) in [7, 11) is 0. The van der Waals surface area contributed by atoms with Gasteiger partial charge in [0.05, 0.1) is 12.7 Å². The van der Waals surface area contributed by atoms with Gasteiger partial charge in [-0.15, -0.1) is 0 Å². The Morgan fingerprint density at radius 3 is 2.83 bits per heavy atom. The van der Waals surface area contributed by atoms with E-state index in [1.54, 1.807) is 0 Å². The molecule has 0 aromatic heterocycles. The molecule has 0 bridgehead atoms. The topological polar surface area (TPSA) is 112 Å². The predicted molar refractivity (Wildman–Crippen MR) is 41.4 cm³/mol. The Morgan fingerprint density at radius 1 is 1.75 bits per heavy atom. The molecule has 0 saturated carbocycles. The van der Waals surface area contributed by atoms with Crippen LogP contribution in [0.3, 0.4) is 0 Å². The highest BCUT2D eigenvalue weighted by atomic mass is 16.5. The molecule has 1 heterocycles. The number of hydrogen-bond acceptors (Lipinski definition) is 4. The van der Waals surface area contributed by atoms with Crippen molar-refractivity contribution >= 4 is 5.96 Å². The fourth-order valence-electron chi connectivity index (χ4n) is 1.16. The summed E-state index contributed by atoms with van der Waals surface area (Å²) in [6, 6.07) is 0. The lowest BCUT2D eigenvalue weighted by Gasteiger charge is -2.12. The van der Waals surface area contributed by atoms with Crippen molar-refractivity contribution in [3.8, 4) is 0 Å². The van der Waals surface area contributed by atoms with E-state index in [-0.39, 0.29) is 12.6 Å². The van der Waals surface area contributed by atoms with Gasteiger partial charge < -0.3 is 26.0 Å². The number of ether oxygens (including phenoxy) is 1. The molecule has 12 heavy (non-hydrogen) atoms. The third-order valence-electron chi connectivity index (χ3n) is 1.72. The second-order valence-electron chi connectivity index (χ2n) is 2.71. The van der Waals surface area contributed by atoms with Crippen molar-refractivity contribution in [2.75, 3.05) is 6.61 Å². The van der Waals surface area contributed by atoms with Crippen molar-refractivity contribution in [1.82, 2.24) is 5.32 Å². The van der Waals surface area contributed by atoms with Crippen LogP contribution < -0.4 is 11.1 Å². The van der Waals surface area contributed by atoms with Gasteiger partial charge in [0, 0.05) is 6.42 Å². The minimum absolute atomic E-state index is 0.203. The first kappa shape index (κ1) is 9.24. The monoisotopic (exact) mass is 175 g/mol. The van der Waals surface area contributed by atoms with Crippen LogP contribution in [-0.2, 0) is 4.74 Å². The van der Waals surface area contributed by atoms with E-state index in [0.717, 1.165) is 0 Å². The molecular formula is C6H13N3O3. The van der Waals surface area contributed by atoms with Crippen LogP contribution in [0.4, 0.5) is 0 Å². The second kappa shape index (κ2) is 3.70. The van der Waals surface area contributed by atoms with Gasteiger partial charge >= 0.3 is 0 Å². The first-order valence-corrected chi connectivity index (χ1v) is 3.68. The van der Waals surface area contributed by atoms with Crippen molar-refractivity contribution in [3.05, 3.63) is 0 Å². The van der Waals surface area contributed by atoms with Crippen LogP contribution in [0, 0.1) is 5.41 Å². The number of nitrogens with one attached hydrogen (secondary N) is 2. The third-order valence-corrected chi connectivity index (χ3v) is 1.72. The van der Waals surface area contributed by atoms with Crippen molar-refractivity contribution in [2.24, 2.45) is 5.73 Å². The molecule has 6 heteroatoms. The van der Waals surface area contributed by atoms with E-state index in [1.165, 1.54) is 0 Å². The van der Waals surface area contributed by atoms with Crippen molar-refractivity contribution in [1.29, 1.82) is 5.41 Å². The van der Waals surface area contributed by atoms with Crippen LogP contribution in [0.2, 0.25) is 0 Å². The summed E-state index contributed by atoms with van der Waals surface area (Å²) in [6.45, 7) is -0.225. The maximum absolute atomic E-state index is 9.24. The highest BCUT2D eigenvalue weighted by Crippen LogP contribution is 2.17. The molecule has 1 fully saturated rings. The number of guanidine groups is 1. The van der Waals surface area contributed by atoms with Gasteiger partial charge in [0.1, 0.15) is 12.3 Å². The number of hydrogen-bond donors (Lipinski definition) is 5. The standard InChI is InChI=1S/C6H13N3O3/c7-6(8)9-5-1-3(11)4(2-10)12-5/h3-5,10-11H,1-2H2,(H4,7,8,9)/t3-,4+,5?/m0/s1. The Balaban J connectivity index is 2.37. The van der Waals surface area contributed by atoms with Crippen molar-refractivity contribution in [2.45, 2.75) is 24.9 Å². The molecule has 1 rings (SSSR count). The molecule has 0 amide bonds. The smallest absolute Gasteiger partial charge is 0.187 e. The number of nitrogens with two attached hydrogens (primary N) is 1. The summed E-state index contributed by atoms with van der Waals surface area (Å²) < 4.78 is 5.10. The fourth-order valence-corrected chi connectivity index (χ4v) is 1.16. The van der Waals surface area contributed by atoms with Gasteiger partial charge in [-0.25, -0.2) is 0 Å². The van der Waals surface area contributed by atoms with E-state index < -0.39 is 18.4 Å². The van der Waals surface area contributed by atoms with Gasteiger partial charge in [-0.1, -0.05) is 0 Å². The van der Waals surface area contributed by atoms with E-state index in [0.29, 0.717) is 6.42 Å². The van der Waals surface area contributed by atoms with E-state index in [1.807, 2.05) is 0 Å². The maximum atomic E-state index is 9.24. The van der Waals surface area contributed by atoms with Crippen LogP contribution in [0.5, 0.6) is 0 Å². The number of rotatable bonds is 2. The molecule has 0 spiro atoms. The van der Waals surface area contributed by atoms with Gasteiger partial charge in [-0.2, -0.15) is 0 Å². The summed E-state index contributed by atoms with van der Waals surface area (Å²) in [5, 5.41) is 27.3. The molecule has 1 aliphatic rings. The Hall–Kier alpha value is -0.850. The molecule has 70 valence electrons. The average Bonchev–Trinajstić information content (AvgIpc) is 2.29. The van der Waals surface area contributed by atoms with Crippen LogP contribution in [0.25, 0.3) is 0 Å². The predicted octanol–water partition coefficient (Wildman–Crippen LogP) is -2.06. The zero-order chi connectivity index (χ0) is 9.14. The Kier molecular flexibility index (Phi) is 2.85. The minimum atomic E-state index is -0.688. The highest BCUT2D eigenvalue weighted by molar-refractivity contribution is 5.74. The molecule has 6 nitrogen and oxygen atoms in total. The summed E-state index contributed by atoms with van der Waals surface area (Å²) in [4.78, 5) is 0. The summed E-state index contributed by atoms with van der Waals surface area (Å²) >= 11 is 0. The lowest BCUT2D eigenvalue weighted by atomic mass is 10.2. The lowest BCUT2D eigenvalue weighted by Crippen LogP contribution is -2.39. The van der Waals surface area contributed by atoms with Gasteiger partial charge in [0.15, 0.2) is 5.96 Å². The van der Waals surface area contributed by atoms with Gasteiger partial charge in [-0.3, -0.25) is 5.41 Å². The van der Waals surface area contributed by atoms with Gasteiger partial charge in [0.2, 0.25) is 0 Å². The van der Waals surface area contributed by atoms with Gasteiger partial charge in [-0.05, 0) is 0 Å². The molecule has 6 N–H and O–H groups in total. The zero-order valence-corrected chi connectivity index (χ0v) is 6.53. The molecule has 0 aliphatic carbocycles. The zero-order valence-electron chi connectivity index (χ0n) is 6.53.